The minimum absolute atomic E-state index is 0. The Kier molecular flexibility index (Phi) is 6.11. The molecule has 1 amide bonds. The van der Waals surface area contributed by atoms with Gasteiger partial charge in [0.1, 0.15) is 0 Å². The number of amides is 1. The molecule has 1 saturated heterocycles. The van der Waals surface area contributed by atoms with E-state index in [4.69, 9.17) is 11.6 Å². The van der Waals surface area contributed by atoms with E-state index >= 15 is 0 Å². The molecule has 1 heterocycles. The molecule has 2 atom stereocenters. The van der Waals surface area contributed by atoms with E-state index in [0.717, 1.165) is 18.7 Å². The summed E-state index contributed by atoms with van der Waals surface area (Å²) in [6.07, 6.45) is 0. The van der Waals surface area contributed by atoms with Crippen LogP contribution in [0.2, 0.25) is 5.02 Å². The second-order valence-corrected chi connectivity index (χ2v) is 5.43. The molecular formula is C14H20Cl2N2O. The van der Waals surface area contributed by atoms with Crippen LogP contribution in [-0.2, 0) is 4.79 Å². The number of halogens is 2. The molecule has 2 rings (SSSR count). The van der Waals surface area contributed by atoms with Crippen molar-refractivity contribution in [3.05, 3.63) is 34.9 Å². The summed E-state index contributed by atoms with van der Waals surface area (Å²) in [6, 6.07) is 7.60. The van der Waals surface area contributed by atoms with Crippen LogP contribution in [0, 0.1) is 11.8 Å². The summed E-state index contributed by atoms with van der Waals surface area (Å²) in [6.45, 7) is 5.86. The van der Waals surface area contributed by atoms with Crippen molar-refractivity contribution in [2.45, 2.75) is 19.9 Å². The zero-order valence-electron chi connectivity index (χ0n) is 11.2. The average Bonchev–Trinajstić information content (AvgIpc) is 2.26. The summed E-state index contributed by atoms with van der Waals surface area (Å²) in [5.41, 5.74) is 1.04. The summed E-state index contributed by atoms with van der Waals surface area (Å²) in [4.78, 5) is 12.1. The van der Waals surface area contributed by atoms with Gasteiger partial charge in [0, 0.05) is 10.9 Å². The average molecular weight is 303 g/mol. The lowest BCUT2D eigenvalue weighted by Gasteiger charge is -2.32. The third-order valence-electron chi connectivity index (χ3n) is 3.64. The number of carbonyl (C=O) groups is 1. The van der Waals surface area contributed by atoms with Crippen molar-refractivity contribution < 1.29 is 4.79 Å². The highest BCUT2D eigenvalue weighted by Gasteiger charge is 2.29. The van der Waals surface area contributed by atoms with Crippen LogP contribution in [0.3, 0.4) is 0 Å². The van der Waals surface area contributed by atoms with Crippen LogP contribution in [0.5, 0.6) is 0 Å². The van der Waals surface area contributed by atoms with E-state index in [0.29, 0.717) is 10.9 Å². The number of hydrogen-bond acceptors (Lipinski definition) is 2. The second-order valence-electron chi connectivity index (χ2n) is 4.99. The van der Waals surface area contributed by atoms with E-state index in [-0.39, 0.29) is 30.3 Å². The lowest BCUT2D eigenvalue weighted by Crippen LogP contribution is -2.49. The molecule has 5 heteroatoms. The van der Waals surface area contributed by atoms with Gasteiger partial charge >= 0.3 is 0 Å². The summed E-state index contributed by atoms with van der Waals surface area (Å²) in [7, 11) is 0. The fourth-order valence-corrected chi connectivity index (χ4v) is 2.28. The van der Waals surface area contributed by atoms with Crippen molar-refractivity contribution >= 4 is 29.9 Å². The Bertz CT molecular complexity index is 435. The van der Waals surface area contributed by atoms with E-state index in [1.165, 1.54) is 0 Å². The van der Waals surface area contributed by atoms with Gasteiger partial charge in [-0.15, -0.1) is 12.4 Å². The molecule has 0 aliphatic carbocycles. The quantitative estimate of drug-likeness (QED) is 0.898. The summed E-state index contributed by atoms with van der Waals surface area (Å²) in [5, 5.41) is 6.94. The monoisotopic (exact) mass is 302 g/mol. The Morgan fingerprint density at radius 2 is 2.11 bits per heavy atom. The topological polar surface area (TPSA) is 41.1 Å². The highest BCUT2D eigenvalue weighted by atomic mass is 35.5. The van der Waals surface area contributed by atoms with Crippen LogP contribution in [0.1, 0.15) is 25.5 Å². The molecule has 1 aliphatic heterocycles. The number of nitrogens with one attached hydrogen (secondary N) is 2. The molecule has 106 valence electrons. The van der Waals surface area contributed by atoms with Crippen molar-refractivity contribution in [1.82, 2.24) is 10.6 Å². The normalized spacial score (nSPS) is 17.8. The minimum Gasteiger partial charge on any atom is -0.349 e. The third-order valence-corrected chi connectivity index (χ3v) is 3.88. The van der Waals surface area contributed by atoms with Crippen LogP contribution in [0.15, 0.2) is 24.3 Å². The Labute approximate surface area is 125 Å². The van der Waals surface area contributed by atoms with Crippen molar-refractivity contribution in [2.24, 2.45) is 11.8 Å². The van der Waals surface area contributed by atoms with Gasteiger partial charge in [0.25, 0.3) is 0 Å². The predicted molar refractivity (Wildman–Crippen MR) is 80.8 cm³/mol. The van der Waals surface area contributed by atoms with Gasteiger partial charge in [0.2, 0.25) is 5.91 Å². The van der Waals surface area contributed by atoms with Crippen molar-refractivity contribution in [3.8, 4) is 0 Å². The first-order chi connectivity index (χ1) is 8.58. The van der Waals surface area contributed by atoms with Crippen LogP contribution in [0.4, 0.5) is 0 Å². The van der Waals surface area contributed by atoms with Crippen LogP contribution in [-0.4, -0.2) is 19.0 Å². The Morgan fingerprint density at radius 3 is 2.63 bits per heavy atom. The molecule has 0 spiro atoms. The molecule has 0 radical (unpaired) electrons. The predicted octanol–water partition coefficient (Wildman–Crippen LogP) is 2.79. The van der Waals surface area contributed by atoms with Crippen LogP contribution >= 0.6 is 24.0 Å². The van der Waals surface area contributed by atoms with Gasteiger partial charge in [-0.1, -0.05) is 30.7 Å². The highest BCUT2D eigenvalue weighted by Crippen LogP contribution is 2.20. The zero-order chi connectivity index (χ0) is 13.1. The summed E-state index contributed by atoms with van der Waals surface area (Å²) < 4.78 is 0. The van der Waals surface area contributed by atoms with Gasteiger partial charge in [0.05, 0.1) is 6.04 Å². The third kappa shape index (κ3) is 4.10. The maximum absolute atomic E-state index is 12.1. The van der Waals surface area contributed by atoms with E-state index < -0.39 is 0 Å². The molecule has 1 unspecified atom stereocenters. The number of hydrogen-bond donors (Lipinski definition) is 2. The number of rotatable bonds is 4. The molecule has 0 bridgehead atoms. The SMILES string of the molecule is CC(C(=O)N[C@H](C)c1cccc(Cl)c1)C1CNC1.Cl. The van der Waals surface area contributed by atoms with E-state index in [1.807, 2.05) is 38.1 Å². The molecule has 0 aromatic heterocycles. The fraction of sp³-hybridized carbons (Fsp3) is 0.500. The molecule has 2 N–H and O–H groups in total. The zero-order valence-corrected chi connectivity index (χ0v) is 12.7. The van der Waals surface area contributed by atoms with E-state index in [9.17, 15) is 4.79 Å². The van der Waals surface area contributed by atoms with Gasteiger partial charge in [-0.3, -0.25) is 4.79 Å². The Morgan fingerprint density at radius 1 is 1.42 bits per heavy atom. The second kappa shape index (κ2) is 7.13. The van der Waals surface area contributed by atoms with E-state index in [1.54, 1.807) is 0 Å². The lowest BCUT2D eigenvalue weighted by atomic mass is 9.88. The number of carbonyl (C=O) groups excluding carboxylic acids is 1. The molecule has 1 aromatic rings. The number of benzene rings is 1. The maximum Gasteiger partial charge on any atom is 0.223 e. The van der Waals surface area contributed by atoms with Crippen molar-refractivity contribution in [1.29, 1.82) is 0 Å². The smallest absolute Gasteiger partial charge is 0.223 e. The molecule has 1 aromatic carbocycles. The van der Waals surface area contributed by atoms with Crippen LogP contribution < -0.4 is 10.6 Å². The van der Waals surface area contributed by atoms with Gasteiger partial charge in [-0.05, 0) is 43.6 Å². The van der Waals surface area contributed by atoms with Gasteiger partial charge in [0.15, 0.2) is 0 Å². The standard InChI is InChI=1S/C14H19ClN2O.ClH/c1-9(12-7-16-8-12)14(18)17-10(2)11-4-3-5-13(15)6-11;/h3-6,9-10,12,16H,7-8H2,1-2H3,(H,17,18);1H/t9?,10-;/m1./s1. The molecule has 19 heavy (non-hydrogen) atoms. The van der Waals surface area contributed by atoms with Crippen LogP contribution in [0.25, 0.3) is 0 Å². The first-order valence-corrected chi connectivity index (χ1v) is 6.72. The fourth-order valence-electron chi connectivity index (χ4n) is 2.08. The lowest BCUT2D eigenvalue weighted by molar-refractivity contribution is -0.127. The first kappa shape index (κ1) is 16.3. The highest BCUT2D eigenvalue weighted by molar-refractivity contribution is 6.30. The van der Waals surface area contributed by atoms with Gasteiger partial charge in [-0.2, -0.15) is 0 Å². The summed E-state index contributed by atoms with van der Waals surface area (Å²) in [5.74, 6) is 0.651. The van der Waals surface area contributed by atoms with Crippen molar-refractivity contribution in [3.63, 3.8) is 0 Å². The minimum atomic E-state index is -0.00770. The largest absolute Gasteiger partial charge is 0.349 e. The van der Waals surface area contributed by atoms with E-state index in [2.05, 4.69) is 10.6 Å². The Balaban J connectivity index is 0.00000180. The Hall–Kier alpha value is -0.770. The summed E-state index contributed by atoms with van der Waals surface area (Å²) >= 11 is 5.95. The first-order valence-electron chi connectivity index (χ1n) is 6.34. The maximum atomic E-state index is 12.1. The molecular weight excluding hydrogens is 283 g/mol. The van der Waals surface area contributed by atoms with Crippen molar-refractivity contribution in [2.75, 3.05) is 13.1 Å². The molecule has 0 saturated carbocycles. The van der Waals surface area contributed by atoms with Gasteiger partial charge in [-0.25, -0.2) is 0 Å². The van der Waals surface area contributed by atoms with Gasteiger partial charge < -0.3 is 10.6 Å². The molecule has 1 aliphatic rings. The molecule has 1 fully saturated rings. The molecule has 3 nitrogen and oxygen atoms in total.